The van der Waals surface area contributed by atoms with Crippen molar-refractivity contribution in [3.05, 3.63) is 78.4 Å². The van der Waals surface area contributed by atoms with Gasteiger partial charge in [-0.2, -0.15) is 0 Å². The summed E-state index contributed by atoms with van der Waals surface area (Å²) >= 11 is -0.483. The van der Waals surface area contributed by atoms with Crippen LogP contribution in [0.4, 0.5) is 0 Å². The SMILES string of the molecule is C1=CC[C]([Zr+2][C]2=C(Cc3ccccc3)C=CC2)=C1.[Cl-].[Cl-]. The number of allylic oxidation sites excluding steroid dienone is 8. The van der Waals surface area contributed by atoms with Crippen LogP contribution in [-0.2, 0) is 29.7 Å². The number of halogens is 2. The summed E-state index contributed by atoms with van der Waals surface area (Å²) in [5.41, 5.74) is 3.04. The molecule has 20 heavy (non-hydrogen) atoms. The van der Waals surface area contributed by atoms with Crippen molar-refractivity contribution in [2.75, 3.05) is 0 Å². The second kappa shape index (κ2) is 8.83. The van der Waals surface area contributed by atoms with Crippen molar-refractivity contribution in [1.29, 1.82) is 0 Å². The molecule has 0 nitrogen and oxygen atoms in total. The van der Waals surface area contributed by atoms with E-state index in [9.17, 15) is 0 Å². The van der Waals surface area contributed by atoms with E-state index in [1.165, 1.54) is 18.4 Å². The third-order valence-electron chi connectivity index (χ3n) is 3.35. The van der Waals surface area contributed by atoms with Gasteiger partial charge in [0.25, 0.3) is 0 Å². The van der Waals surface area contributed by atoms with Crippen LogP contribution in [0.2, 0.25) is 0 Å². The number of benzene rings is 1. The summed E-state index contributed by atoms with van der Waals surface area (Å²) in [4.78, 5) is 0. The maximum Gasteiger partial charge on any atom is -1.00 e. The van der Waals surface area contributed by atoms with Gasteiger partial charge in [0.2, 0.25) is 0 Å². The molecule has 2 aliphatic rings. The zero-order valence-corrected chi connectivity index (χ0v) is 15.1. The first-order valence-electron chi connectivity index (χ1n) is 6.47. The minimum absolute atomic E-state index is 0. The van der Waals surface area contributed by atoms with Crippen molar-refractivity contribution >= 4 is 0 Å². The zero-order valence-electron chi connectivity index (χ0n) is 11.2. The molecule has 0 unspecified atom stereocenters. The van der Waals surface area contributed by atoms with E-state index in [4.69, 9.17) is 0 Å². The van der Waals surface area contributed by atoms with Gasteiger partial charge in [-0.25, -0.2) is 0 Å². The van der Waals surface area contributed by atoms with Crippen molar-refractivity contribution in [2.24, 2.45) is 0 Å². The first-order chi connectivity index (χ1) is 8.92. The molecule has 0 fully saturated rings. The van der Waals surface area contributed by atoms with Crippen molar-refractivity contribution in [2.45, 2.75) is 19.3 Å². The smallest absolute Gasteiger partial charge is 1.00 e. The molecule has 3 heteroatoms. The van der Waals surface area contributed by atoms with Gasteiger partial charge < -0.3 is 24.8 Å². The molecule has 0 atom stereocenters. The molecule has 0 heterocycles. The molecule has 0 aromatic heterocycles. The van der Waals surface area contributed by atoms with Gasteiger partial charge in [0.15, 0.2) is 0 Å². The van der Waals surface area contributed by atoms with Gasteiger partial charge in [0.05, 0.1) is 0 Å². The summed E-state index contributed by atoms with van der Waals surface area (Å²) in [6, 6.07) is 10.8. The molecule has 2 aliphatic carbocycles. The van der Waals surface area contributed by atoms with Crippen molar-refractivity contribution in [3.8, 4) is 0 Å². The first-order valence-corrected chi connectivity index (χ1v) is 8.93. The predicted molar refractivity (Wildman–Crippen MR) is 72.8 cm³/mol. The van der Waals surface area contributed by atoms with Crippen LogP contribution in [0.3, 0.4) is 0 Å². The van der Waals surface area contributed by atoms with Gasteiger partial charge in [0.1, 0.15) is 0 Å². The van der Waals surface area contributed by atoms with Crippen LogP contribution in [0.5, 0.6) is 0 Å². The molecule has 0 saturated carbocycles. The Labute approximate surface area is 145 Å². The van der Waals surface area contributed by atoms with Gasteiger partial charge in [-0.05, 0) is 0 Å². The van der Waals surface area contributed by atoms with Crippen LogP contribution in [0.1, 0.15) is 18.4 Å². The fourth-order valence-corrected chi connectivity index (χ4v) is 5.69. The zero-order chi connectivity index (χ0) is 12.2. The molecular weight excluding hydrogens is 366 g/mol. The standard InChI is InChI=1S/C12H11.C5H5.2ClH.Zr/c1-2-6-11(7-3-1)10-12-8-4-5-9-12;1-2-4-5-3-1;;;/h1-4,6-8H,5,10H2;1-3H,4H2;2*1H;/q;;;;+2/p-2. The van der Waals surface area contributed by atoms with E-state index in [2.05, 4.69) is 60.7 Å². The molecular formula is C17H16Cl2Zr. The van der Waals surface area contributed by atoms with Crippen molar-refractivity contribution < 1.29 is 48.0 Å². The predicted octanol–water partition coefficient (Wildman–Crippen LogP) is -1.62. The minimum atomic E-state index is -0.483. The summed E-state index contributed by atoms with van der Waals surface area (Å²) in [5.74, 6) is 0. The first kappa shape index (κ1) is 17.7. The van der Waals surface area contributed by atoms with Crippen LogP contribution in [0.15, 0.2) is 72.8 Å². The quantitative estimate of drug-likeness (QED) is 0.587. The summed E-state index contributed by atoms with van der Waals surface area (Å²) in [5, 5.41) is 0. The van der Waals surface area contributed by atoms with Crippen LogP contribution < -0.4 is 24.8 Å². The fraction of sp³-hybridized carbons (Fsp3) is 0.176. The molecule has 0 N–H and O–H groups in total. The van der Waals surface area contributed by atoms with Crippen LogP contribution in [0.25, 0.3) is 0 Å². The van der Waals surface area contributed by atoms with Gasteiger partial charge in [-0.3, -0.25) is 0 Å². The molecule has 102 valence electrons. The number of rotatable bonds is 4. The largest absolute Gasteiger partial charge is 1.00 e. The van der Waals surface area contributed by atoms with Crippen LogP contribution in [-0.4, -0.2) is 0 Å². The van der Waals surface area contributed by atoms with E-state index in [0.29, 0.717) is 0 Å². The summed E-state index contributed by atoms with van der Waals surface area (Å²) in [6.45, 7) is 0. The van der Waals surface area contributed by atoms with Gasteiger partial charge in [0, 0.05) is 0 Å². The van der Waals surface area contributed by atoms with Gasteiger partial charge in [-0.15, -0.1) is 0 Å². The minimum Gasteiger partial charge on any atom is -1.00 e. The number of hydrogen-bond acceptors (Lipinski definition) is 0. The maximum atomic E-state index is 2.35. The fourth-order valence-electron chi connectivity index (χ4n) is 2.40. The normalized spacial score (nSPS) is 15.5. The van der Waals surface area contributed by atoms with E-state index in [1.807, 2.05) is 0 Å². The Balaban J connectivity index is 0.000001000. The molecule has 3 rings (SSSR count). The molecule has 1 aromatic carbocycles. The molecule has 0 aliphatic heterocycles. The van der Waals surface area contributed by atoms with Crippen molar-refractivity contribution in [1.82, 2.24) is 0 Å². The molecule has 1 aromatic rings. The molecule has 0 saturated heterocycles. The molecule has 0 bridgehead atoms. The molecule has 0 amide bonds. The van der Waals surface area contributed by atoms with Gasteiger partial charge in [-0.1, -0.05) is 0 Å². The van der Waals surface area contributed by atoms with E-state index in [0.717, 1.165) is 6.42 Å². The monoisotopic (exact) mass is 380 g/mol. The second-order valence-electron chi connectivity index (χ2n) is 4.72. The summed E-state index contributed by atoms with van der Waals surface area (Å²) < 4.78 is 3.50. The molecule has 0 radical (unpaired) electrons. The second-order valence-corrected chi connectivity index (χ2v) is 8.40. The molecule has 0 spiro atoms. The third kappa shape index (κ3) is 4.59. The topological polar surface area (TPSA) is 0 Å². The third-order valence-corrected chi connectivity index (χ3v) is 7.08. The Kier molecular flexibility index (Phi) is 7.81. The number of hydrogen-bond donors (Lipinski definition) is 0. The van der Waals surface area contributed by atoms with E-state index in [1.54, 1.807) is 12.1 Å². The Morgan fingerprint density at radius 3 is 2.45 bits per heavy atom. The summed E-state index contributed by atoms with van der Waals surface area (Å²) in [7, 11) is 0. The van der Waals surface area contributed by atoms with E-state index < -0.39 is 23.2 Å². The average Bonchev–Trinajstić information content (AvgIpc) is 3.04. The Morgan fingerprint density at radius 1 is 0.950 bits per heavy atom. The Hall–Kier alpha value is -0.357. The van der Waals surface area contributed by atoms with E-state index >= 15 is 0 Å². The van der Waals surface area contributed by atoms with Crippen LogP contribution in [0, 0.1) is 0 Å². The maximum absolute atomic E-state index is 2.35. The average molecular weight is 382 g/mol. The van der Waals surface area contributed by atoms with Gasteiger partial charge >= 0.3 is 121 Å². The van der Waals surface area contributed by atoms with Crippen molar-refractivity contribution in [3.63, 3.8) is 0 Å². The summed E-state index contributed by atoms with van der Waals surface area (Å²) in [6.07, 6.45) is 15.1. The van der Waals surface area contributed by atoms with Crippen LogP contribution >= 0.6 is 0 Å². The Morgan fingerprint density at radius 2 is 1.75 bits per heavy atom. The Bertz CT molecular complexity index is 554. The van der Waals surface area contributed by atoms with E-state index in [-0.39, 0.29) is 24.8 Å².